The standard InChI is InChI=1S/C22H28N4O2.HI/c1-3-16-28-21-11-7-4-8-18(21)17-24-22(23-2)26-14-12-25(13-15-26)19-9-5-6-10-20(19)27;/h3-11,27H,1,12-17H2,2H3,(H,23,24);1H. The van der Waals surface area contributed by atoms with Gasteiger partial charge in [-0.25, -0.2) is 0 Å². The smallest absolute Gasteiger partial charge is 0.194 e. The maximum Gasteiger partial charge on any atom is 0.194 e. The van der Waals surface area contributed by atoms with Crippen molar-refractivity contribution in [3.8, 4) is 11.5 Å². The number of piperazine rings is 1. The molecule has 6 nitrogen and oxygen atoms in total. The molecular weight excluding hydrogens is 479 g/mol. The molecule has 0 atom stereocenters. The minimum absolute atomic E-state index is 0. The lowest BCUT2D eigenvalue weighted by atomic mass is 10.2. The molecule has 0 amide bonds. The molecule has 0 radical (unpaired) electrons. The lowest BCUT2D eigenvalue weighted by Gasteiger charge is -2.37. The lowest BCUT2D eigenvalue weighted by molar-refractivity contribution is 0.356. The molecule has 29 heavy (non-hydrogen) atoms. The molecule has 0 unspecified atom stereocenters. The third-order valence-electron chi connectivity index (χ3n) is 4.78. The molecule has 1 aliphatic rings. The van der Waals surface area contributed by atoms with Crippen molar-refractivity contribution in [2.24, 2.45) is 4.99 Å². The number of para-hydroxylation sites is 3. The van der Waals surface area contributed by atoms with E-state index in [9.17, 15) is 5.11 Å². The van der Waals surface area contributed by atoms with E-state index >= 15 is 0 Å². The molecule has 2 aromatic rings. The van der Waals surface area contributed by atoms with Gasteiger partial charge in [-0.2, -0.15) is 0 Å². The first-order valence-electron chi connectivity index (χ1n) is 9.53. The normalized spacial score (nSPS) is 14.2. The maximum absolute atomic E-state index is 10.1. The number of nitrogens with one attached hydrogen (secondary N) is 1. The van der Waals surface area contributed by atoms with Crippen LogP contribution in [0.15, 0.2) is 66.2 Å². The van der Waals surface area contributed by atoms with Crippen LogP contribution in [0.3, 0.4) is 0 Å². The monoisotopic (exact) mass is 508 g/mol. The van der Waals surface area contributed by atoms with E-state index in [2.05, 4.69) is 32.8 Å². The molecular formula is C22H29IN4O2. The Labute approximate surface area is 189 Å². The van der Waals surface area contributed by atoms with Crippen LogP contribution in [0.5, 0.6) is 11.5 Å². The van der Waals surface area contributed by atoms with Crippen molar-refractivity contribution in [2.45, 2.75) is 6.54 Å². The molecule has 0 spiro atoms. The number of halogens is 1. The number of hydrogen-bond acceptors (Lipinski definition) is 4. The summed E-state index contributed by atoms with van der Waals surface area (Å²) in [5, 5.41) is 13.5. The van der Waals surface area contributed by atoms with E-state index in [0.29, 0.717) is 18.9 Å². The van der Waals surface area contributed by atoms with Crippen LogP contribution in [0.2, 0.25) is 0 Å². The summed E-state index contributed by atoms with van der Waals surface area (Å²) in [4.78, 5) is 8.89. The van der Waals surface area contributed by atoms with Gasteiger partial charge in [-0.3, -0.25) is 4.99 Å². The van der Waals surface area contributed by atoms with Gasteiger partial charge in [0.05, 0.1) is 5.69 Å². The average Bonchev–Trinajstić information content (AvgIpc) is 2.74. The Balaban J connectivity index is 0.00000300. The Kier molecular flexibility index (Phi) is 9.11. The summed E-state index contributed by atoms with van der Waals surface area (Å²) in [5.74, 6) is 2.06. The first-order chi connectivity index (χ1) is 13.7. The largest absolute Gasteiger partial charge is 0.506 e. The van der Waals surface area contributed by atoms with Crippen molar-refractivity contribution in [1.82, 2.24) is 10.2 Å². The molecule has 1 aliphatic heterocycles. The predicted molar refractivity (Wildman–Crippen MR) is 130 cm³/mol. The van der Waals surface area contributed by atoms with Gasteiger partial charge in [0.15, 0.2) is 5.96 Å². The third-order valence-corrected chi connectivity index (χ3v) is 4.78. The lowest BCUT2D eigenvalue weighted by Crippen LogP contribution is -2.52. The highest BCUT2D eigenvalue weighted by molar-refractivity contribution is 14.0. The van der Waals surface area contributed by atoms with Crippen LogP contribution < -0.4 is 15.0 Å². The number of phenolic OH excluding ortho intramolecular Hbond substituents is 1. The zero-order chi connectivity index (χ0) is 19.8. The van der Waals surface area contributed by atoms with Crippen LogP contribution in [-0.2, 0) is 6.54 Å². The molecule has 2 aromatic carbocycles. The van der Waals surface area contributed by atoms with Gasteiger partial charge in [0.2, 0.25) is 0 Å². The van der Waals surface area contributed by atoms with Crippen LogP contribution in [0.1, 0.15) is 5.56 Å². The van der Waals surface area contributed by atoms with Gasteiger partial charge in [0.25, 0.3) is 0 Å². The van der Waals surface area contributed by atoms with E-state index in [1.165, 1.54) is 0 Å². The van der Waals surface area contributed by atoms with Gasteiger partial charge < -0.3 is 25.0 Å². The second-order valence-corrected chi connectivity index (χ2v) is 6.57. The van der Waals surface area contributed by atoms with Crippen molar-refractivity contribution >= 4 is 35.6 Å². The number of ether oxygens (including phenoxy) is 1. The summed E-state index contributed by atoms with van der Waals surface area (Å²) in [6.07, 6.45) is 1.74. The van der Waals surface area contributed by atoms with Crippen molar-refractivity contribution in [3.05, 3.63) is 66.7 Å². The third kappa shape index (κ3) is 6.03. The topological polar surface area (TPSA) is 60.3 Å². The Bertz CT molecular complexity index is 820. The highest BCUT2D eigenvalue weighted by Crippen LogP contribution is 2.27. The van der Waals surface area contributed by atoms with Crippen LogP contribution in [-0.4, -0.2) is 55.8 Å². The number of hydrogen-bond donors (Lipinski definition) is 2. The molecule has 2 N–H and O–H groups in total. The zero-order valence-electron chi connectivity index (χ0n) is 16.8. The Morgan fingerprint density at radius 3 is 2.52 bits per heavy atom. The van der Waals surface area contributed by atoms with E-state index in [-0.39, 0.29) is 24.0 Å². The Hall–Kier alpha value is -2.42. The first-order valence-corrected chi connectivity index (χ1v) is 9.53. The highest BCUT2D eigenvalue weighted by atomic mass is 127. The SMILES string of the molecule is C=CCOc1ccccc1CNC(=NC)N1CCN(c2ccccc2O)CC1.I. The van der Waals surface area contributed by atoms with Crippen molar-refractivity contribution in [1.29, 1.82) is 0 Å². The van der Waals surface area contributed by atoms with E-state index in [1.807, 2.05) is 36.4 Å². The fraction of sp³-hybridized carbons (Fsp3) is 0.318. The number of nitrogens with zero attached hydrogens (tertiary/aromatic N) is 3. The molecule has 1 heterocycles. The molecule has 0 aliphatic carbocycles. The summed E-state index contributed by atoms with van der Waals surface area (Å²) >= 11 is 0. The van der Waals surface area contributed by atoms with Crippen molar-refractivity contribution in [2.75, 3.05) is 44.7 Å². The molecule has 156 valence electrons. The second kappa shape index (κ2) is 11.5. The fourth-order valence-corrected chi connectivity index (χ4v) is 3.34. The second-order valence-electron chi connectivity index (χ2n) is 6.57. The molecule has 7 heteroatoms. The summed E-state index contributed by atoms with van der Waals surface area (Å²) in [5.41, 5.74) is 1.97. The van der Waals surface area contributed by atoms with Gasteiger partial charge >= 0.3 is 0 Å². The molecule has 1 fully saturated rings. The van der Waals surface area contributed by atoms with E-state index in [4.69, 9.17) is 4.74 Å². The van der Waals surface area contributed by atoms with E-state index in [0.717, 1.165) is 49.1 Å². The number of aliphatic imine (C=N–C) groups is 1. The summed E-state index contributed by atoms with van der Waals surface area (Å²) in [6, 6.07) is 15.5. The molecule has 0 aromatic heterocycles. The van der Waals surface area contributed by atoms with Gasteiger partial charge in [-0.1, -0.05) is 43.0 Å². The molecule has 0 bridgehead atoms. The number of aromatic hydroxyl groups is 1. The Morgan fingerprint density at radius 2 is 1.83 bits per heavy atom. The fourth-order valence-electron chi connectivity index (χ4n) is 3.34. The molecule has 3 rings (SSSR count). The van der Waals surface area contributed by atoms with Gasteiger partial charge in [0.1, 0.15) is 18.1 Å². The number of guanidine groups is 1. The average molecular weight is 508 g/mol. The predicted octanol–water partition coefficient (Wildman–Crippen LogP) is 3.47. The minimum atomic E-state index is 0. The number of phenols is 1. The minimum Gasteiger partial charge on any atom is -0.506 e. The zero-order valence-corrected chi connectivity index (χ0v) is 19.1. The molecule has 0 saturated carbocycles. The van der Waals surface area contributed by atoms with Crippen LogP contribution in [0.25, 0.3) is 0 Å². The Morgan fingerprint density at radius 1 is 1.14 bits per heavy atom. The van der Waals surface area contributed by atoms with Gasteiger partial charge in [-0.15, -0.1) is 24.0 Å². The summed E-state index contributed by atoms with van der Waals surface area (Å²) < 4.78 is 5.73. The van der Waals surface area contributed by atoms with Crippen molar-refractivity contribution < 1.29 is 9.84 Å². The van der Waals surface area contributed by atoms with Crippen molar-refractivity contribution in [3.63, 3.8) is 0 Å². The highest BCUT2D eigenvalue weighted by Gasteiger charge is 2.21. The van der Waals surface area contributed by atoms with Gasteiger partial charge in [-0.05, 0) is 18.2 Å². The summed E-state index contributed by atoms with van der Waals surface area (Å²) in [6.45, 7) is 8.16. The number of rotatable bonds is 6. The van der Waals surface area contributed by atoms with Crippen LogP contribution >= 0.6 is 24.0 Å². The molecule has 1 saturated heterocycles. The van der Waals surface area contributed by atoms with Crippen LogP contribution in [0.4, 0.5) is 5.69 Å². The quantitative estimate of drug-likeness (QED) is 0.271. The van der Waals surface area contributed by atoms with Crippen LogP contribution in [0, 0.1) is 0 Å². The van der Waals surface area contributed by atoms with E-state index < -0.39 is 0 Å². The maximum atomic E-state index is 10.1. The number of benzene rings is 2. The van der Waals surface area contributed by atoms with E-state index in [1.54, 1.807) is 19.2 Å². The first kappa shape index (κ1) is 22.9. The van der Waals surface area contributed by atoms with Gasteiger partial charge in [0, 0.05) is 45.3 Å². The number of anilines is 1. The summed E-state index contributed by atoms with van der Waals surface area (Å²) in [7, 11) is 1.80.